The summed E-state index contributed by atoms with van der Waals surface area (Å²) in [5.41, 5.74) is 5.54. The van der Waals surface area contributed by atoms with E-state index in [1.165, 1.54) is 0 Å². The topological polar surface area (TPSA) is 38.9 Å². The predicted octanol–water partition coefficient (Wildman–Crippen LogP) is 2.62. The highest BCUT2D eigenvalue weighted by Crippen LogP contribution is 2.34. The van der Waals surface area contributed by atoms with E-state index in [0.717, 1.165) is 9.34 Å². The van der Waals surface area contributed by atoms with E-state index < -0.39 is 0 Å². The first kappa shape index (κ1) is 8.87. The van der Waals surface area contributed by atoms with Crippen LogP contribution in [0.25, 0.3) is 0 Å². The fourth-order valence-corrected chi connectivity index (χ4v) is 2.83. The normalized spacial score (nSPS) is 11.9. The maximum Gasteiger partial charge on any atom is 0.152 e. The average molecular weight is 188 g/mol. The SMILES string of the molecule is CC(C)(C)Sc1ncc(N)s1. The van der Waals surface area contributed by atoms with Gasteiger partial charge in [-0.3, -0.25) is 0 Å². The van der Waals surface area contributed by atoms with Gasteiger partial charge in [0.25, 0.3) is 0 Å². The average Bonchev–Trinajstić information content (AvgIpc) is 2.10. The summed E-state index contributed by atoms with van der Waals surface area (Å²) in [7, 11) is 0. The molecule has 0 amide bonds. The highest BCUT2D eigenvalue weighted by Gasteiger charge is 2.13. The molecule has 2 N–H and O–H groups in total. The summed E-state index contributed by atoms with van der Waals surface area (Å²) in [5, 5.41) is 0.789. The van der Waals surface area contributed by atoms with E-state index in [-0.39, 0.29) is 4.75 Å². The minimum absolute atomic E-state index is 0.226. The molecule has 0 unspecified atom stereocenters. The van der Waals surface area contributed by atoms with Crippen LogP contribution in [-0.2, 0) is 0 Å². The van der Waals surface area contributed by atoms with Crippen molar-refractivity contribution in [1.82, 2.24) is 4.98 Å². The molecule has 0 saturated carbocycles. The molecule has 0 radical (unpaired) electrons. The van der Waals surface area contributed by atoms with E-state index in [4.69, 9.17) is 5.73 Å². The molecular formula is C7H12N2S2. The van der Waals surface area contributed by atoms with Crippen molar-refractivity contribution in [3.63, 3.8) is 0 Å². The summed E-state index contributed by atoms with van der Waals surface area (Å²) >= 11 is 3.29. The Morgan fingerprint density at radius 1 is 1.55 bits per heavy atom. The molecule has 62 valence electrons. The molecule has 1 aromatic heterocycles. The first-order chi connectivity index (χ1) is 4.97. The summed E-state index contributed by atoms with van der Waals surface area (Å²) in [6.07, 6.45) is 1.71. The van der Waals surface area contributed by atoms with Crippen LogP contribution in [0, 0.1) is 0 Å². The predicted molar refractivity (Wildman–Crippen MR) is 52.1 cm³/mol. The van der Waals surface area contributed by atoms with E-state index in [1.54, 1.807) is 29.3 Å². The zero-order valence-electron chi connectivity index (χ0n) is 6.92. The molecular weight excluding hydrogens is 176 g/mol. The van der Waals surface area contributed by atoms with Gasteiger partial charge >= 0.3 is 0 Å². The minimum Gasteiger partial charge on any atom is -0.389 e. The van der Waals surface area contributed by atoms with Gasteiger partial charge in [0.2, 0.25) is 0 Å². The number of nitrogens with zero attached hydrogens (tertiary/aromatic N) is 1. The van der Waals surface area contributed by atoms with Crippen LogP contribution < -0.4 is 5.73 Å². The van der Waals surface area contributed by atoms with Gasteiger partial charge in [-0.1, -0.05) is 43.9 Å². The molecule has 0 spiro atoms. The van der Waals surface area contributed by atoms with Gasteiger partial charge in [0, 0.05) is 4.75 Å². The van der Waals surface area contributed by atoms with Crippen molar-refractivity contribution < 1.29 is 0 Å². The van der Waals surface area contributed by atoms with Gasteiger partial charge < -0.3 is 5.73 Å². The van der Waals surface area contributed by atoms with Crippen molar-refractivity contribution in [3.05, 3.63) is 6.20 Å². The molecule has 0 bridgehead atoms. The fraction of sp³-hybridized carbons (Fsp3) is 0.571. The van der Waals surface area contributed by atoms with Gasteiger partial charge in [-0.15, -0.1) is 0 Å². The van der Waals surface area contributed by atoms with Crippen molar-refractivity contribution in [2.45, 2.75) is 29.9 Å². The first-order valence-electron chi connectivity index (χ1n) is 3.38. The lowest BCUT2D eigenvalue weighted by atomic mass is 10.3. The second-order valence-electron chi connectivity index (χ2n) is 3.24. The lowest BCUT2D eigenvalue weighted by Gasteiger charge is -2.14. The lowest BCUT2D eigenvalue weighted by molar-refractivity contribution is 0.802. The molecule has 2 nitrogen and oxygen atoms in total. The van der Waals surface area contributed by atoms with Gasteiger partial charge in [-0.2, -0.15) is 0 Å². The third-order valence-corrected chi connectivity index (χ3v) is 2.91. The third kappa shape index (κ3) is 3.12. The Bertz CT molecular complexity index is 237. The molecule has 4 heteroatoms. The van der Waals surface area contributed by atoms with Crippen molar-refractivity contribution in [1.29, 1.82) is 0 Å². The van der Waals surface area contributed by atoms with E-state index in [2.05, 4.69) is 25.8 Å². The maximum atomic E-state index is 5.54. The molecule has 1 aromatic rings. The number of nitrogen functional groups attached to an aromatic ring is 1. The Morgan fingerprint density at radius 3 is 2.55 bits per heavy atom. The van der Waals surface area contributed by atoms with Crippen LogP contribution in [0.1, 0.15) is 20.8 Å². The monoisotopic (exact) mass is 188 g/mol. The highest BCUT2D eigenvalue weighted by molar-refractivity contribution is 8.02. The van der Waals surface area contributed by atoms with Crippen LogP contribution >= 0.6 is 23.1 Å². The van der Waals surface area contributed by atoms with Crippen LogP contribution in [-0.4, -0.2) is 9.73 Å². The van der Waals surface area contributed by atoms with Crippen LogP contribution in [0.2, 0.25) is 0 Å². The molecule has 0 fully saturated rings. The Balaban J connectivity index is 2.65. The van der Waals surface area contributed by atoms with Gasteiger partial charge in [0.05, 0.1) is 6.20 Å². The molecule has 0 aromatic carbocycles. The van der Waals surface area contributed by atoms with Crippen LogP contribution in [0.15, 0.2) is 10.5 Å². The second-order valence-corrected chi connectivity index (χ2v) is 6.38. The van der Waals surface area contributed by atoms with Crippen molar-refractivity contribution in [2.24, 2.45) is 0 Å². The van der Waals surface area contributed by atoms with Gasteiger partial charge in [-0.25, -0.2) is 4.98 Å². The molecule has 11 heavy (non-hydrogen) atoms. The van der Waals surface area contributed by atoms with Crippen LogP contribution in [0.4, 0.5) is 5.00 Å². The number of anilines is 1. The summed E-state index contributed by atoms with van der Waals surface area (Å²) < 4.78 is 1.28. The van der Waals surface area contributed by atoms with E-state index in [0.29, 0.717) is 0 Å². The highest BCUT2D eigenvalue weighted by atomic mass is 32.2. The molecule has 0 aliphatic rings. The Hall–Kier alpha value is -0.220. The second kappa shape index (κ2) is 3.03. The number of thiazole rings is 1. The van der Waals surface area contributed by atoms with Crippen molar-refractivity contribution in [3.8, 4) is 0 Å². The van der Waals surface area contributed by atoms with E-state index >= 15 is 0 Å². The molecule has 1 rings (SSSR count). The van der Waals surface area contributed by atoms with Crippen molar-refractivity contribution in [2.75, 3.05) is 5.73 Å². The van der Waals surface area contributed by atoms with Gasteiger partial charge in [-0.05, 0) is 0 Å². The van der Waals surface area contributed by atoms with E-state index in [9.17, 15) is 0 Å². The first-order valence-corrected chi connectivity index (χ1v) is 5.01. The number of hydrogen-bond acceptors (Lipinski definition) is 4. The quantitative estimate of drug-likeness (QED) is 0.689. The van der Waals surface area contributed by atoms with Gasteiger partial charge in [0.1, 0.15) is 5.00 Å². The van der Waals surface area contributed by atoms with Crippen molar-refractivity contribution >= 4 is 28.1 Å². The third-order valence-electron chi connectivity index (χ3n) is 0.896. The van der Waals surface area contributed by atoms with E-state index in [1.807, 2.05) is 0 Å². The number of rotatable bonds is 1. The molecule has 0 aliphatic heterocycles. The van der Waals surface area contributed by atoms with Crippen LogP contribution in [0.5, 0.6) is 0 Å². The smallest absolute Gasteiger partial charge is 0.152 e. The van der Waals surface area contributed by atoms with Crippen LogP contribution in [0.3, 0.4) is 0 Å². The zero-order chi connectivity index (χ0) is 8.48. The fourth-order valence-electron chi connectivity index (χ4n) is 0.579. The Morgan fingerprint density at radius 2 is 2.18 bits per heavy atom. The molecule has 0 aliphatic carbocycles. The molecule has 0 saturated heterocycles. The minimum atomic E-state index is 0.226. The van der Waals surface area contributed by atoms with Gasteiger partial charge in [0.15, 0.2) is 4.34 Å². The summed E-state index contributed by atoms with van der Waals surface area (Å²) in [4.78, 5) is 4.16. The zero-order valence-corrected chi connectivity index (χ0v) is 8.55. The largest absolute Gasteiger partial charge is 0.389 e. The summed E-state index contributed by atoms with van der Waals surface area (Å²) in [6.45, 7) is 6.49. The molecule has 1 heterocycles. The lowest BCUT2D eigenvalue weighted by Crippen LogP contribution is -2.06. The number of hydrogen-bond donors (Lipinski definition) is 1. The number of aromatic nitrogens is 1. The standard InChI is InChI=1S/C7H12N2S2/c1-7(2,3)11-6-9-4-5(8)10-6/h4H,8H2,1-3H3. The molecule has 0 atom stereocenters. The Kier molecular flexibility index (Phi) is 2.44. The maximum absolute atomic E-state index is 5.54. The number of nitrogens with two attached hydrogens (primary N) is 1. The summed E-state index contributed by atoms with van der Waals surface area (Å²) in [6, 6.07) is 0. The summed E-state index contributed by atoms with van der Waals surface area (Å²) in [5.74, 6) is 0. The number of thioether (sulfide) groups is 1. The Labute approximate surface area is 75.2 Å².